The molecule has 0 unspecified atom stereocenters. The quantitative estimate of drug-likeness (QED) is 0.393. The molecule has 1 aromatic rings. The van der Waals surface area contributed by atoms with Gasteiger partial charge in [0.05, 0.1) is 23.9 Å². The molecule has 0 atom stereocenters. The van der Waals surface area contributed by atoms with Crippen LogP contribution in [0.25, 0.3) is 0 Å². The Kier molecular flexibility index (Phi) is 4.95. The van der Waals surface area contributed by atoms with Gasteiger partial charge in [-0.25, -0.2) is 13.2 Å². The maximum absolute atomic E-state index is 12.7. The fraction of sp³-hybridized carbons (Fsp3) is 0.300. The van der Waals surface area contributed by atoms with E-state index in [1.54, 1.807) is 0 Å². The highest BCUT2D eigenvalue weighted by molar-refractivity contribution is 7.74. The second kappa shape index (κ2) is 6.02. The lowest BCUT2D eigenvalue weighted by Gasteiger charge is -2.23. The summed E-state index contributed by atoms with van der Waals surface area (Å²) in [5.74, 6) is -1.42. The number of esters is 1. The van der Waals surface area contributed by atoms with Crippen molar-refractivity contribution in [3.05, 3.63) is 29.3 Å². The first-order chi connectivity index (χ1) is 9.89. The molecule has 0 saturated carbocycles. The first kappa shape index (κ1) is 18.1. The topological polar surface area (TPSA) is 63.7 Å². The number of halogens is 6. The first-order valence-electron chi connectivity index (χ1n) is 5.20. The fourth-order valence-corrected chi connectivity index (χ4v) is 2.01. The molecule has 0 saturated heterocycles. The van der Waals surface area contributed by atoms with E-state index in [4.69, 9.17) is 0 Å². The van der Waals surface area contributed by atoms with Gasteiger partial charge in [0.25, 0.3) is 0 Å². The molecule has 0 N–H and O–H groups in total. The number of nitrogens with zero attached hydrogens (tertiary/aromatic N) is 1. The number of ether oxygens (including phenoxy) is 1. The summed E-state index contributed by atoms with van der Waals surface area (Å²) in [7, 11) is -3.61. The third-order valence-electron chi connectivity index (χ3n) is 2.36. The van der Waals surface area contributed by atoms with E-state index in [1.165, 1.54) is 0 Å². The summed E-state index contributed by atoms with van der Waals surface area (Å²) in [6.07, 6.45) is -10.6. The Morgan fingerprint density at radius 1 is 1.14 bits per heavy atom. The van der Waals surface area contributed by atoms with Crippen LogP contribution in [0.1, 0.15) is 15.9 Å². The molecule has 0 aliphatic heterocycles. The van der Waals surface area contributed by atoms with Crippen LogP contribution in [0, 0.1) is 0 Å². The molecule has 0 radical (unpaired) electrons. The highest BCUT2D eigenvalue weighted by atomic mass is 32.2. The Bertz CT molecular complexity index is 644. The molecule has 0 aromatic heterocycles. The van der Waals surface area contributed by atoms with Gasteiger partial charge in [0, 0.05) is 0 Å². The van der Waals surface area contributed by atoms with E-state index in [0.717, 1.165) is 7.11 Å². The fourth-order valence-electron chi connectivity index (χ4n) is 1.48. The van der Waals surface area contributed by atoms with Gasteiger partial charge in [-0.3, -0.25) is 0 Å². The minimum atomic E-state index is -5.55. The zero-order valence-electron chi connectivity index (χ0n) is 10.5. The third kappa shape index (κ3) is 3.81. The van der Waals surface area contributed by atoms with E-state index in [2.05, 4.69) is 4.74 Å². The number of hydrogen-bond donors (Lipinski definition) is 1. The molecule has 5 nitrogen and oxygen atoms in total. The first-order valence-corrected chi connectivity index (χ1v) is 6.33. The van der Waals surface area contributed by atoms with Crippen LogP contribution in [-0.4, -0.2) is 27.8 Å². The lowest BCUT2D eigenvalue weighted by atomic mass is 10.1. The molecular weight excluding hydrogens is 344 g/mol. The highest BCUT2D eigenvalue weighted by Crippen LogP contribution is 2.37. The Balaban J connectivity index is 3.68. The molecule has 0 aliphatic rings. The van der Waals surface area contributed by atoms with E-state index >= 15 is 0 Å². The number of rotatable bonds is 3. The number of carbonyl (C=O) groups is 1. The molecule has 0 heterocycles. The Hall–Kier alpha value is -1.98. The van der Waals surface area contributed by atoms with Gasteiger partial charge in [0.1, 0.15) is 0 Å². The van der Waals surface area contributed by atoms with Crippen LogP contribution in [0.4, 0.5) is 32.0 Å². The van der Waals surface area contributed by atoms with Gasteiger partial charge < -0.3 is 4.74 Å². The molecule has 1 aromatic carbocycles. The second-order valence-electron chi connectivity index (χ2n) is 3.74. The maximum atomic E-state index is 12.7. The summed E-state index contributed by atoms with van der Waals surface area (Å²) in [4.78, 5) is 11.4. The van der Waals surface area contributed by atoms with E-state index in [-0.39, 0.29) is 6.07 Å². The molecule has 0 amide bonds. The minimum Gasteiger partial charge on any atom is -0.465 e. The van der Waals surface area contributed by atoms with Crippen molar-refractivity contribution in [3.8, 4) is 0 Å². The molecule has 22 heavy (non-hydrogen) atoms. The Labute approximate surface area is 121 Å². The number of methoxy groups -OCH3 is 1. The zero-order valence-corrected chi connectivity index (χ0v) is 11.4. The van der Waals surface area contributed by atoms with E-state index < -0.39 is 50.5 Å². The number of hydrogen-bond acceptors (Lipinski definition) is 4. The van der Waals surface area contributed by atoms with E-state index in [9.17, 15) is 39.6 Å². The highest BCUT2D eigenvalue weighted by Gasteiger charge is 2.43. The predicted molar refractivity (Wildman–Crippen MR) is 61.6 cm³/mol. The van der Waals surface area contributed by atoms with Gasteiger partial charge in [0.15, 0.2) is 0 Å². The molecule has 12 heteroatoms. The lowest BCUT2D eigenvalue weighted by Crippen LogP contribution is -2.38. The van der Waals surface area contributed by atoms with E-state index in [0.29, 0.717) is 12.1 Å². The van der Waals surface area contributed by atoms with Gasteiger partial charge >= 0.3 is 18.4 Å². The number of benzene rings is 1. The molecule has 0 aliphatic carbocycles. The van der Waals surface area contributed by atoms with Crippen LogP contribution in [-0.2, 0) is 21.8 Å². The average molecular weight is 351 g/mol. The predicted octanol–water partition coefficient (Wildman–Crippen LogP) is 2.34. The summed E-state index contributed by atoms with van der Waals surface area (Å²) in [5, 5.41) is 0. The van der Waals surface area contributed by atoms with Crippen molar-refractivity contribution in [2.24, 2.45) is 0 Å². The van der Waals surface area contributed by atoms with Gasteiger partial charge in [0.2, 0.25) is 10.9 Å². The van der Waals surface area contributed by atoms with Crippen molar-refractivity contribution in [3.63, 3.8) is 0 Å². The van der Waals surface area contributed by atoms with Crippen LogP contribution in [0.15, 0.2) is 18.2 Å². The number of alkyl halides is 6. The van der Waals surface area contributed by atoms with Crippen molar-refractivity contribution in [1.82, 2.24) is 0 Å². The Morgan fingerprint density at radius 2 is 1.68 bits per heavy atom. The summed E-state index contributed by atoms with van der Waals surface area (Å²) in [6.45, 7) is 0. The van der Waals surface area contributed by atoms with Crippen molar-refractivity contribution in [1.29, 1.82) is 0 Å². The Morgan fingerprint density at radius 3 is 2.05 bits per heavy atom. The van der Waals surface area contributed by atoms with Crippen LogP contribution < -0.4 is 4.31 Å². The van der Waals surface area contributed by atoms with Gasteiger partial charge in [-0.05, 0) is 18.2 Å². The van der Waals surface area contributed by atoms with Gasteiger partial charge in [-0.15, -0.1) is 13.2 Å². The summed E-state index contributed by atoms with van der Waals surface area (Å²) >= 11 is 0. The summed E-state index contributed by atoms with van der Waals surface area (Å²) in [6, 6.07) is 0.647. The summed E-state index contributed by atoms with van der Waals surface area (Å²) < 4.78 is 100. The number of anilines is 1. The minimum absolute atomic E-state index is 0.0924. The van der Waals surface area contributed by atoms with Crippen LogP contribution in [0.5, 0.6) is 0 Å². The molecule has 1 rings (SSSR count). The molecule has 0 spiro atoms. The maximum Gasteiger partial charge on any atom is 0.498 e. The number of thiol groups is 1. The van der Waals surface area contributed by atoms with Gasteiger partial charge in [-0.1, -0.05) is 0 Å². The molecule has 0 fully saturated rings. The largest absolute Gasteiger partial charge is 0.498 e. The van der Waals surface area contributed by atoms with Crippen molar-refractivity contribution >= 4 is 22.5 Å². The second-order valence-corrected chi connectivity index (χ2v) is 4.61. The normalized spacial score (nSPS) is 12.4. The van der Waals surface area contributed by atoms with Crippen LogP contribution in [0.2, 0.25) is 0 Å². The van der Waals surface area contributed by atoms with E-state index in [1.807, 2.05) is 0 Å². The van der Waals surface area contributed by atoms with Crippen molar-refractivity contribution < 1.29 is 44.3 Å². The van der Waals surface area contributed by atoms with Crippen molar-refractivity contribution in [2.45, 2.75) is 12.5 Å². The third-order valence-corrected chi connectivity index (χ3v) is 3.13. The smallest absolute Gasteiger partial charge is 0.465 e. The van der Waals surface area contributed by atoms with Crippen molar-refractivity contribution in [2.75, 3.05) is 11.4 Å². The lowest BCUT2D eigenvalue weighted by molar-refractivity contribution is -0.138. The SMILES string of the molecule is COC(=O)c1ccc(C(F)(F)F)cc1N([SH](=O)=O)C(F)(F)F. The zero-order chi connectivity index (χ0) is 17.3. The van der Waals surface area contributed by atoms with Gasteiger partial charge in [-0.2, -0.15) is 17.5 Å². The standard InChI is InChI=1S/C10H7F6NO4S/c1-21-8(18)6-3-2-5(9(11,12)13)4-7(6)17(22(19)20)10(14,15)16/h2-4,22H,1H3. The monoisotopic (exact) mass is 351 g/mol. The molecular formula is C10H7F6NO4S. The molecule has 124 valence electrons. The van der Waals surface area contributed by atoms with Crippen LogP contribution >= 0.6 is 0 Å². The average Bonchev–Trinajstić information content (AvgIpc) is 2.34. The number of carbonyl (C=O) groups excluding carboxylic acids is 1. The van der Waals surface area contributed by atoms with Crippen LogP contribution in [0.3, 0.4) is 0 Å². The molecule has 0 bridgehead atoms. The summed E-state index contributed by atoms with van der Waals surface area (Å²) in [5.41, 5.74) is -4.03.